The van der Waals surface area contributed by atoms with Crippen molar-refractivity contribution in [3.63, 3.8) is 0 Å². The molecule has 0 bridgehead atoms. The zero-order chi connectivity index (χ0) is 28.4. The van der Waals surface area contributed by atoms with Crippen LogP contribution >= 0.6 is 11.6 Å². The molecule has 3 aromatic carbocycles. The number of benzene rings is 3. The minimum Gasteiger partial charge on any atom is -0.354 e. The van der Waals surface area contributed by atoms with Crippen LogP contribution in [0.25, 0.3) is 0 Å². The van der Waals surface area contributed by atoms with E-state index in [4.69, 9.17) is 11.6 Å². The van der Waals surface area contributed by atoms with Gasteiger partial charge in [-0.3, -0.25) is 13.9 Å². The maximum atomic E-state index is 14.8. The Balaban J connectivity index is 2.04. The van der Waals surface area contributed by atoms with Crippen LogP contribution in [0.2, 0.25) is 5.02 Å². The number of hydrogen-bond acceptors (Lipinski definition) is 4. The number of halogens is 2. The number of sulfonamides is 1. The Morgan fingerprint density at radius 1 is 1.00 bits per heavy atom. The summed E-state index contributed by atoms with van der Waals surface area (Å²) < 4.78 is 41.2. The summed E-state index contributed by atoms with van der Waals surface area (Å²) in [6, 6.07) is 20.3. The molecular formula is C29H33ClFN3O4S. The molecule has 3 aromatic rings. The molecule has 0 aliphatic heterocycles. The first-order valence-corrected chi connectivity index (χ1v) is 14.9. The lowest BCUT2D eigenvalue weighted by Crippen LogP contribution is -2.53. The van der Waals surface area contributed by atoms with Crippen molar-refractivity contribution in [3.05, 3.63) is 101 Å². The topological polar surface area (TPSA) is 86.8 Å². The van der Waals surface area contributed by atoms with Gasteiger partial charge in [0.1, 0.15) is 18.4 Å². The van der Waals surface area contributed by atoms with Gasteiger partial charge < -0.3 is 10.2 Å². The molecule has 208 valence electrons. The summed E-state index contributed by atoms with van der Waals surface area (Å²) in [6.45, 7) is 1.59. The molecule has 2 amide bonds. The van der Waals surface area contributed by atoms with Crippen LogP contribution in [0, 0.1) is 5.82 Å². The van der Waals surface area contributed by atoms with E-state index in [2.05, 4.69) is 5.32 Å². The van der Waals surface area contributed by atoms with Gasteiger partial charge >= 0.3 is 0 Å². The number of carbonyl (C=O) groups is 2. The average molecular weight is 574 g/mol. The second-order valence-corrected chi connectivity index (χ2v) is 11.6. The molecule has 0 aliphatic carbocycles. The van der Waals surface area contributed by atoms with Gasteiger partial charge in [0, 0.05) is 30.1 Å². The molecule has 0 radical (unpaired) electrons. The predicted octanol–water partition coefficient (Wildman–Crippen LogP) is 4.80. The highest BCUT2D eigenvalue weighted by atomic mass is 35.5. The lowest BCUT2D eigenvalue weighted by atomic mass is 10.0. The summed E-state index contributed by atoms with van der Waals surface area (Å²) in [5.74, 6) is -1.59. The SMILES string of the molecule is CCCCNC(=O)[C@H](Cc1ccccc1)N(Cc1ccccc1F)C(=O)CN(c1cccc(Cl)c1)S(C)(=O)=O. The average Bonchev–Trinajstić information content (AvgIpc) is 2.90. The van der Waals surface area contributed by atoms with Crippen molar-refractivity contribution in [1.82, 2.24) is 10.2 Å². The van der Waals surface area contributed by atoms with Crippen LogP contribution in [-0.2, 0) is 32.6 Å². The molecule has 0 heterocycles. The van der Waals surface area contributed by atoms with Gasteiger partial charge in [0.2, 0.25) is 21.8 Å². The van der Waals surface area contributed by atoms with E-state index in [0.29, 0.717) is 11.6 Å². The monoisotopic (exact) mass is 573 g/mol. The van der Waals surface area contributed by atoms with Gasteiger partial charge in [-0.15, -0.1) is 0 Å². The number of hydrogen-bond donors (Lipinski definition) is 1. The van der Waals surface area contributed by atoms with Crippen molar-refractivity contribution in [2.75, 3.05) is 23.7 Å². The second kappa shape index (κ2) is 14.1. The van der Waals surface area contributed by atoms with Crippen molar-refractivity contribution < 1.29 is 22.4 Å². The Hall–Kier alpha value is -3.43. The molecular weight excluding hydrogens is 541 g/mol. The second-order valence-electron chi connectivity index (χ2n) is 9.21. The fraction of sp³-hybridized carbons (Fsp3) is 0.310. The van der Waals surface area contributed by atoms with E-state index in [1.54, 1.807) is 18.2 Å². The third-order valence-electron chi connectivity index (χ3n) is 6.17. The molecule has 0 fully saturated rings. The summed E-state index contributed by atoms with van der Waals surface area (Å²) in [6.07, 6.45) is 2.77. The van der Waals surface area contributed by atoms with Gasteiger partial charge in [0.25, 0.3) is 0 Å². The maximum absolute atomic E-state index is 14.8. The van der Waals surface area contributed by atoms with E-state index in [1.165, 1.54) is 35.2 Å². The molecule has 0 spiro atoms. The van der Waals surface area contributed by atoms with Gasteiger partial charge in [0.15, 0.2) is 0 Å². The molecule has 1 N–H and O–H groups in total. The van der Waals surface area contributed by atoms with Crippen molar-refractivity contribution in [2.45, 2.75) is 38.8 Å². The van der Waals surface area contributed by atoms with Crippen molar-refractivity contribution >= 4 is 39.1 Å². The zero-order valence-corrected chi connectivity index (χ0v) is 23.6. The first-order chi connectivity index (χ1) is 18.6. The molecule has 39 heavy (non-hydrogen) atoms. The van der Waals surface area contributed by atoms with Crippen LogP contribution < -0.4 is 9.62 Å². The van der Waals surface area contributed by atoms with Gasteiger partial charge in [-0.2, -0.15) is 0 Å². The molecule has 0 aromatic heterocycles. The molecule has 1 atom stereocenters. The quantitative estimate of drug-likeness (QED) is 0.298. The lowest BCUT2D eigenvalue weighted by molar-refractivity contribution is -0.140. The number of unbranched alkanes of at least 4 members (excludes halogenated alkanes) is 1. The molecule has 3 rings (SSSR count). The van der Waals surface area contributed by atoms with E-state index >= 15 is 0 Å². The third kappa shape index (κ3) is 8.80. The van der Waals surface area contributed by atoms with Crippen LogP contribution in [0.15, 0.2) is 78.9 Å². The fourth-order valence-electron chi connectivity index (χ4n) is 4.12. The van der Waals surface area contributed by atoms with E-state index in [-0.39, 0.29) is 24.2 Å². The number of nitrogens with zero attached hydrogens (tertiary/aromatic N) is 2. The van der Waals surface area contributed by atoms with Crippen molar-refractivity contribution in [2.24, 2.45) is 0 Å². The van der Waals surface area contributed by atoms with Crippen molar-refractivity contribution in [3.8, 4) is 0 Å². The van der Waals surface area contributed by atoms with E-state index in [9.17, 15) is 22.4 Å². The highest BCUT2D eigenvalue weighted by Crippen LogP contribution is 2.23. The highest BCUT2D eigenvalue weighted by Gasteiger charge is 2.33. The summed E-state index contributed by atoms with van der Waals surface area (Å²) in [5, 5.41) is 3.19. The van der Waals surface area contributed by atoms with Gasteiger partial charge in [-0.05, 0) is 36.2 Å². The third-order valence-corrected chi connectivity index (χ3v) is 7.55. The predicted molar refractivity (Wildman–Crippen MR) is 152 cm³/mol. The summed E-state index contributed by atoms with van der Waals surface area (Å²) >= 11 is 6.09. The van der Waals surface area contributed by atoms with Gasteiger partial charge in [-0.1, -0.05) is 79.5 Å². The number of anilines is 1. The van der Waals surface area contributed by atoms with Crippen LogP contribution in [0.3, 0.4) is 0 Å². The first-order valence-electron chi connectivity index (χ1n) is 12.7. The summed E-state index contributed by atoms with van der Waals surface area (Å²) in [4.78, 5) is 28.7. The minimum atomic E-state index is -3.91. The molecule has 10 heteroatoms. The van der Waals surface area contributed by atoms with E-state index in [1.807, 2.05) is 37.3 Å². The fourth-order valence-corrected chi connectivity index (χ4v) is 5.14. The van der Waals surface area contributed by atoms with Gasteiger partial charge in [-0.25, -0.2) is 12.8 Å². The Morgan fingerprint density at radius 3 is 2.33 bits per heavy atom. The lowest BCUT2D eigenvalue weighted by Gasteiger charge is -2.33. The zero-order valence-electron chi connectivity index (χ0n) is 22.0. The highest BCUT2D eigenvalue weighted by molar-refractivity contribution is 7.92. The van der Waals surface area contributed by atoms with Crippen molar-refractivity contribution in [1.29, 1.82) is 0 Å². The Morgan fingerprint density at radius 2 is 1.69 bits per heavy atom. The minimum absolute atomic E-state index is 0.162. The molecule has 0 unspecified atom stereocenters. The largest absolute Gasteiger partial charge is 0.354 e. The van der Waals surface area contributed by atoms with Crippen LogP contribution in [0.1, 0.15) is 30.9 Å². The van der Waals surface area contributed by atoms with Crippen LogP contribution in [0.4, 0.5) is 10.1 Å². The molecule has 0 saturated heterocycles. The van der Waals surface area contributed by atoms with Crippen LogP contribution in [0.5, 0.6) is 0 Å². The van der Waals surface area contributed by atoms with E-state index < -0.39 is 40.2 Å². The molecule has 0 aliphatic rings. The number of carbonyl (C=O) groups excluding carboxylic acids is 2. The molecule has 7 nitrogen and oxygen atoms in total. The van der Waals surface area contributed by atoms with Gasteiger partial charge in [0.05, 0.1) is 11.9 Å². The number of amides is 2. The summed E-state index contributed by atoms with van der Waals surface area (Å²) in [5.41, 5.74) is 1.21. The maximum Gasteiger partial charge on any atom is 0.244 e. The standard InChI is InChI=1S/C29H33ClFN3O4S/c1-3-4-17-32-29(36)27(18-22-11-6-5-7-12-22)33(20-23-13-8-9-16-26(23)31)28(35)21-34(39(2,37)38)25-15-10-14-24(30)19-25/h5-16,19,27H,3-4,17-18,20-21H2,1-2H3,(H,32,36)/t27-/m0/s1. The summed E-state index contributed by atoms with van der Waals surface area (Å²) in [7, 11) is -3.91. The van der Waals surface area contributed by atoms with E-state index in [0.717, 1.165) is 29.0 Å². The molecule has 0 saturated carbocycles. The Bertz CT molecular complexity index is 1370. The number of rotatable bonds is 13. The number of nitrogens with one attached hydrogen (secondary N) is 1. The Labute approximate surface area is 234 Å². The van der Waals surface area contributed by atoms with Crippen LogP contribution in [-0.4, -0.2) is 50.5 Å². The normalized spacial score (nSPS) is 12.0. The first kappa shape index (κ1) is 30.1. The Kier molecular flexibility index (Phi) is 10.9. The smallest absolute Gasteiger partial charge is 0.244 e.